The van der Waals surface area contributed by atoms with Gasteiger partial charge in [0, 0.05) is 43.5 Å². The standard InChI is InChI=1S/C21H17NOS/c1-13(23)19-14(2)24-21(15-8-4-3-5-9-15)20(19)17-12-22-18-11-7-6-10-16(17)18/h3-12,22H,1-2H3. The Morgan fingerprint density at radius 3 is 2.46 bits per heavy atom. The Labute approximate surface area is 144 Å². The highest BCUT2D eigenvalue weighted by Gasteiger charge is 2.23. The van der Waals surface area contributed by atoms with Crippen LogP contribution >= 0.6 is 11.3 Å². The molecule has 24 heavy (non-hydrogen) atoms. The van der Waals surface area contributed by atoms with Gasteiger partial charge < -0.3 is 4.98 Å². The normalized spacial score (nSPS) is 11.1. The van der Waals surface area contributed by atoms with E-state index in [4.69, 9.17) is 0 Å². The van der Waals surface area contributed by atoms with Crippen LogP contribution in [-0.2, 0) is 0 Å². The summed E-state index contributed by atoms with van der Waals surface area (Å²) >= 11 is 1.69. The van der Waals surface area contributed by atoms with Crippen LogP contribution in [-0.4, -0.2) is 10.8 Å². The van der Waals surface area contributed by atoms with Crippen LogP contribution in [0.5, 0.6) is 0 Å². The molecule has 0 radical (unpaired) electrons. The molecule has 2 aromatic carbocycles. The van der Waals surface area contributed by atoms with E-state index in [9.17, 15) is 4.79 Å². The Morgan fingerprint density at radius 2 is 1.71 bits per heavy atom. The molecule has 4 rings (SSSR count). The molecule has 0 aliphatic carbocycles. The van der Waals surface area contributed by atoms with Gasteiger partial charge in [-0.25, -0.2) is 0 Å². The van der Waals surface area contributed by atoms with Crippen molar-refractivity contribution in [2.24, 2.45) is 0 Å². The predicted molar refractivity (Wildman–Crippen MR) is 102 cm³/mol. The van der Waals surface area contributed by atoms with Crippen LogP contribution in [0.25, 0.3) is 32.5 Å². The largest absolute Gasteiger partial charge is 0.361 e. The molecule has 4 aromatic rings. The molecule has 0 amide bonds. The maximum absolute atomic E-state index is 12.4. The first-order chi connectivity index (χ1) is 11.7. The Hall–Kier alpha value is -2.65. The quantitative estimate of drug-likeness (QED) is 0.454. The second-order valence-electron chi connectivity index (χ2n) is 5.91. The molecule has 0 fully saturated rings. The SMILES string of the molecule is CC(=O)c1c(C)sc(-c2ccccc2)c1-c1c[nH]c2ccccc12. The number of carbonyl (C=O) groups is 1. The van der Waals surface area contributed by atoms with Crippen molar-refractivity contribution in [3.63, 3.8) is 0 Å². The number of rotatable bonds is 3. The molecular weight excluding hydrogens is 314 g/mol. The summed E-state index contributed by atoms with van der Waals surface area (Å²) in [5.41, 5.74) is 5.22. The van der Waals surface area contributed by atoms with Crippen LogP contribution < -0.4 is 0 Å². The van der Waals surface area contributed by atoms with Crippen LogP contribution in [0.2, 0.25) is 0 Å². The molecule has 0 saturated heterocycles. The Bertz CT molecular complexity index is 1040. The zero-order valence-corrected chi connectivity index (χ0v) is 14.4. The van der Waals surface area contributed by atoms with Gasteiger partial charge in [0.15, 0.2) is 5.78 Å². The van der Waals surface area contributed by atoms with Gasteiger partial charge in [-0.05, 0) is 25.5 Å². The van der Waals surface area contributed by atoms with Crippen LogP contribution in [0.15, 0.2) is 60.8 Å². The minimum absolute atomic E-state index is 0.117. The van der Waals surface area contributed by atoms with E-state index >= 15 is 0 Å². The number of ketones is 1. The van der Waals surface area contributed by atoms with Crippen molar-refractivity contribution in [3.05, 3.63) is 71.2 Å². The predicted octanol–water partition coefficient (Wildman–Crippen LogP) is 6.07. The first-order valence-electron chi connectivity index (χ1n) is 7.93. The zero-order chi connectivity index (χ0) is 16.7. The highest BCUT2D eigenvalue weighted by atomic mass is 32.1. The van der Waals surface area contributed by atoms with E-state index in [0.29, 0.717) is 0 Å². The van der Waals surface area contributed by atoms with E-state index in [1.165, 1.54) is 0 Å². The van der Waals surface area contributed by atoms with E-state index in [2.05, 4.69) is 29.2 Å². The number of para-hydroxylation sites is 1. The average molecular weight is 331 g/mol. The second-order valence-corrected chi connectivity index (χ2v) is 7.13. The van der Waals surface area contributed by atoms with Gasteiger partial charge in [0.05, 0.1) is 0 Å². The molecule has 1 N–H and O–H groups in total. The van der Waals surface area contributed by atoms with E-state index in [0.717, 1.165) is 42.9 Å². The molecule has 0 spiro atoms. The number of aromatic nitrogens is 1. The Balaban J connectivity index is 2.08. The number of aryl methyl sites for hydroxylation is 1. The topological polar surface area (TPSA) is 32.9 Å². The smallest absolute Gasteiger partial charge is 0.161 e. The fraction of sp³-hybridized carbons (Fsp3) is 0.0952. The molecule has 2 aromatic heterocycles. The lowest BCUT2D eigenvalue weighted by Gasteiger charge is -2.06. The summed E-state index contributed by atoms with van der Waals surface area (Å²) in [6, 6.07) is 18.5. The third kappa shape index (κ3) is 2.29. The number of fused-ring (bicyclic) bond motifs is 1. The van der Waals surface area contributed by atoms with E-state index in [-0.39, 0.29) is 5.78 Å². The van der Waals surface area contributed by atoms with Crippen LogP contribution in [0.4, 0.5) is 0 Å². The van der Waals surface area contributed by atoms with Crippen molar-refractivity contribution in [2.75, 3.05) is 0 Å². The second kappa shape index (κ2) is 5.77. The number of thiophene rings is 1. The minimum Gasteiger partial charge on any atom is -0.361 e. The third-order valence-corrected chi connectivity index (χ3v) is 5.49. The first-order valence-corrected chi connectivity index (χ1v) is 8.74. The lowest BCUT2D eigenvalue weighted by atomic mass is 9.95. The van der Waals surface area contributed by atoms with E-state index in [1.807, 2.05) is 43.5 Å². The summed E-state index contributed by atoms with van der Waals surface area (Å²) in [7, 11) is 0. The number of nitrogens with one attached hydrogen (secondary N) is 1. The highest BCUT2D eigenvalue weighted by molar-refractivity contribution is 7.16. The number of Topliss-reactive ketones (excluding diaryl/α,β-unsaturated/α-hetero) is 1. The van der Waals surface area contributed by atoms with Crippen molar-refractivity contribution in [1.29, 1.82) is 0 Å². The molecule has 0 aliphatic rings. The molecule has 118 valence electrons. The summed E-state index contributed by atoms with van der Waals surface area (Å²) < 4.78 is 0. The lowest BCUT2D eigenvalue weighted by molar-refractivity contribution is 0.101. The minimum atomic E-state index is 0.117. The van der Waals surface area contributed by atoms with Gasteiger partial charge in [-0.2, -0.15) is 0 Å². The van der Waals surface area contributed by atoms with Crippen LogP contribution in [0, 0.1) is 6.92 Å². The Morgan fingerprint density at radius 1 is 1.00 bits per heavy atom. The summed E-state index contributed by atoms with van der Waals surface area (Å²) in [6.07, 6.45) is 2.02. The number of aromatic amines is 1. The number of benzene rings is 2. The number of hydrogen-bond donors (Lipinski definition) is 1. The molecule has 2 heterocycles. The van der Waals surface area contributed by atoms with Gasteiger partial charge in [-0.1, -0.05) is 48.5 Å². The third-order valence-electron chi connectivity index (χ3n) is 4.33. The maximum atomic E-state index is 12.4. The van der Waals surface area contributed by atoms with Crippen molar-refractivity contribution in [3.8, 4) is 21.6 Å². The first kappa shape index (κ1) is 14.9. The summed E-state index contributed by atoms with van der Waals surface area (Å²) in [5.74, 6) is 0.117. The van der Waals surface area contributed by atoms with Gasteiger partial charge in [0.25, 0.3) is 0 Å². The zero-order valence-electron chi connectivity index (χ0n) is 13.6. The van der Waals surface area contributed by atoms with Crippen LogP contribution in [0.3, 0.4) is 0 Å². The summed E-state index contributed by atoms with van der Waals surface area (Å²) in [5, 5.41) is 1.15. The molecule has 0 unspecified atom stereocenters. The van der Waals surface area contributed by atoms with Gasteiger partial charge in [-0.15, -0.1) is 11.3 Å². The number of H-pyrrole nitrogens is 1. The Kier molecular flexibility index (Phi) is 3.58. The van der Waals surface area contributed by atoms with Gasteiger partial charge in [0.1, 0.15) is 0 Å². The van der Waals surface area contributed by atoms with E-state index < -0.39 is 0 Å². The molecule has 3 heteroatoms. The van der Waals surface area contributed by atoms with Crippen molar-refractivity contribution >= 4 is 28.0 Å². The highest BCUT2D eigenvalue weighted by Crippen LogP contribution is 2.45. The lowest BCUT2D eigenvalue weighted by Crippen LogP contribution is -1.95. The molecular formula is C21H17NOS. The van der Waals surface area contributed by atoms with Gasteiger partial charge >= 0.3 is 0 Å². The van der Waals surface area contributed by atoms with Crippen molar-refractivity contribution < 1.29 is 4.79 Å². The summed E-state index contributed by atoms with van der Waals surface area (Å²) in [4.78, 5) is 17.9. The molecule has 2 nitrogen and oxygen atoms in total. The maximum Gasteiger partial charge on any atom is 0.161 e. The fourth-order valence-electron chi connectivity index (χ4n) is 3.30. The monoisotopic (exact) mass is 331 g/mol. The summed E-state index contributed by atoms with van der Waals surface area (Å²) in [6.45, 7) is 3.69. The van der Waals surface area contributed by atoms with Crippen molar-refractivity contribution in [1.82, 2.24) is 4.98 Å². The molecule has 0 bridgehead atoms. The van der Waals surface area contributed by atoms with Gasteiger partial charge in [0.2, 0.25) is 0 Å². The molecule has 0 saturated carbocycles. The van der Waals surface area contributed by atoms with Crippen LogP contribution in [0.1, 0.15) is 22.2 Å². The number of hydrogen-bond acceptors (Lipinski definition) is 2. The molecule has 0 atom stereocenters. The molecule has 0 aliphatic heterocycles. The average Bonchev–Trinajstić information content (AvgIpc) is 3.16. The van der Waals surface area contributed by atoms with Crippen molar-refractivity contribution in [2.45, 2.75) is 13.8 Å². The van der Waals surface area contributed by atoms with Gasteiger partial charge in [-0.3, -0.25) is 4.79 Å². The van der Waals surface area contributed by atoms with E-state index in [1.54, 1.807) is 18.3 Å². The fourth-order valence-corrected chi connectivity index (χ4v) is 4.52. The number of carbonyl (C=O) groups excluding carboxylic acids is 1.